The lowest BCUT2D eigenvalue weighted by molar-refractivity contribution is -0.244. The molecular formula is C16H11F4N3O3. The zero-order chi connectivity index (χ0) is 18.9. The van der Waals surface area contributed by atoms with Gasteiger partial charge in [0.2, 0.25) is 11.6 Å². The summed E-state index contributed by atoms with van der Waals surface area (Å²) in [5.41, 5.74) is -3.53. The summed E-state index contributed by atoms with van der Waals surface area (Å²) in [4.78, 5) is 11.0. The summed E-state index contributed by atoms with van der Waals surface area (Å²) >= 11 is 0. The molecule has 3 rings (SSSR count). The number of carboxylic acid groups (broad SMARTS) is 1. The number of allylic oxidation sites excluding steroid dienone is 2. The van der Waals surface area contributed by atoms with E-state index in [2.05, 4.69) is 10.3 Å². The Morgan fingerprint density at radius 1 is 1.27 bits per heavy atom. The first-order valence-corrected chi connectivity index (χ1v) is 7.25. The topological polar surface area (TPSA) is 88.1 Å². The molecule has 0 fully saturated rings. The molecule has 6 nitrogen and oxygen atoms in total. The second-order valence-corrected chi connectivity index (χ2v) is 5.41. The normalized spacial score (nSPS) is 22.8. The van der Waals surface area contributed by atoms with Gasteiger partial charge in [-0.05, 0) is 23.3 Å². The predicted molar refractivity (Wildman–Crippen MR) is 81.2 cm³/mol. The van der Waals surface area contributed by atoms with Crippen LogP contribution in [0.3, 0.4) is 0 Å². The Morgan fingerprint density at radius 2 is 1.96 bits per heavy atom. The summed E-state index contributed by atoms with van der Waals surface area (Å²) < 4.78 is 60.4. The lowest BCUT2D eigenvalue weighted by Gasteiger charge is -2.36. The van der Waals surface area contributed by atoms with Crippen molar-refractivity contribution < 1.29 is 32.2 Å². The lowest BCUT2D eigenvalue weighted by Crippen LogP contribution is -2.56. The molecule has 1 aliphatic rings. The minimum atomic E-state index is -5.18. The number of ether oxygens (including phenoxy) is 1. The number of hydrogen-bond donors (Lipinski definition) is 2. The molecule has 0 saturated heterocycles. The second-order valence-electron chi connectivity index (χ2n) is 5.41. The standard InChI is InChI=1S/C16H11F4N3O3/c17-11-8-10(9-4-2-1-3-5-9)6-7-15(11,16(18,19)20)26-13-12(14(24)25)21-23-22-13/h1-8,11H,(H,24,25)(H,21,22,23). The highest BCUT2D eigenvalue weighted by Gasteiger charge is 2.62. The molecule has 2 aromatic rings. The summed E-state index contributed by atoms with van der Waals surface area (Å²) in [5, 5.41) is 17.1. The highest BCUT2D eigenvalue weighted by atomic mass is 19.4. The Bertz CT molecular complexity index is 876. The van der Waals surface area contributed by atoms with E-state index in [9.17, 15) is 22.4 Å². The molecule has 136 valence electrons. The first-order valence-electron chi connectivity index (χ1n) is 7.25. The van der Waals surface area contributed by atoms with Crippen LogP contribution in [0, 0.1) is 0 Å². The molecule has 1 aromatic heterocycles. The van der Waals surface area contributed by atoms with Gasteiger partial charge in [0.15, 0.2) is 6.17 Å². The van der Waals surface area contributed by atoms with Gasteiger partial charge in [-0.25, -0.2) is 14.3 Å². The number of halogens is 4. The number of carbonyl (C=O) groups is 1. The van der Waals surface area contributed by atoms with Crippen molar-refractivity contribution in [3.63, 3.8) is 0 Å². The van der Waals surface area contributed by atoms with Crippen molar-refractivity contribution in [3.05, 3.63) is 59.8 Å². The number of benzene rings is 1. The fourth-order valence-corrected chi connectivity index (χ4v) is 2.46. The van der Waals surface area contributed by atoms with Gasteiger partial charge in [-0.3, -0.25) is 0 Å². The first-order chi connectivity index (χ1) is 12.2. The molecule has 26 heavy (non-hydrogen) atoms. The molecular weight excluding hydrogens is 358 g/mol. The van der Waals surface area contributed by atoms with Gasteiger partial charge in [0.05, 0.1) is 0 Å². The third kappa shape index (κ3) is 2.93. The molecule has 0 aliphatic heterocycles. The molecule has 2 unspecified atom stereocenters. The number of aromatic amines is 1. The van der Waals surface area contributed by atoms with Crippen LogP contribution in [0.25, 0.3) is 5.57 Å². The monoisotopic (exact) mass is 369 g/mol. The van der Waals surface area contributed by atoms with Crippen LogP contribution in [0.5, 0.6) is 5.88 Å². The number of hydrogen-bond acceptors (Lipinski definition) is 4. The maximum atomic E-state index is 14.7. The molecule has 1 aliphatic carbocycles. The minimum Gasteiger partial charge on any atom is -0.476 e. The van der Waals surface area contributed by atoms with Gasteiger partial charge >= 0.3 is 12.1 Å². The number of rotatable bonds is 4. The third-order valence-electron chi connectivity index (χ3n) is 3.79. The summed E-state index contributed by atoms with van der Waals surface area (Å²) in [5.74, 6) is -2.56. The van der Waals surface area contributed by atoms with Crippen LogP contribution in [-0.2, 0) is 0 Å². The van der Waals surface area contributed by atoms with Gasteiger partial charge in [-0.2, -0.15) is 13.2 Å². The fraction of sp³-hybridized carbons (Fsp3) is 0.188. The van der Waals surface area contributed by atoms with E-state index in [4.69, 9.17) is 9.84 Å². The highest BCUT2D eigenvalue weighted by Crippen LogP contribution is 2.43. The zero-order valence-electron chi connectivity index (χ0n) is 12.9. The first kappa shape index (κ1) is 17.6. The van der Waals surface area contributed by atoms with Crippen molar-refractivity contribution >= 4 is 11.5 Å². The molecule has 0 bridgehead atoms. The van der Waals surface area contributed by atoms with Crippen LogP contribution in [0.2, 0.25) is 0 Å². The molecule has 2 N–H and O–H groups in total. The van der Waals surface area contributed by atoms with E-state index in [0.29, 0.717) is 11.6 Å². The van der Waals surface area contributed by atoms with Gasteiger partial charge in [0, 0.05) is 0 Å². The molecule has 1 heterocycles. The van der Waals surface area contributed by atoms with E-state index in [1.807, 2.05) is 5.10 Å². The fourth-order valence-electron chi connectivity index (χ4n) is 2.46. The van der Waals surface area contributed by atoms with E-state index >= 15 is 0 Å². The Hall–Kier alpha value is -3.17. The van der Waals surface area contributed by atoms with Gasteiger partial charge in [0.1, 0.15) is 0 Å². The SMILES string of the molecule is O=C(O)c1nn[nH]c1OC1(C(F)(F)F)C=CC(c2ccccc2)=CC1F. The molecule has 0 saturated carbocycles. The number of nitrogens with zero attached hydrogens (tertiary/aromatic N) is 2. The van der Waals surface area contributed by atoms with Gasteiger partial charge in [-0.1, -0.05) is 41.6 Å². The van der Waals surface area contributed by atoms with Gasteiger partial charge < -0.3 is 9.84 Å². The average molecular weight is 369 g/mol. The molecule has 1 aromatic carbocycles. The summed E-state index contributed by atoms with van der Waals surface area (Å²) in [6.07, 6.45) is -5.45. The van der Waals surface area contributed by atoms with Crippen LogP contribution >= 0.6 is 0 Å². The molecule has 2 atom stereocenters. The van der Waals surface area contributed by atoms with Crippen molar-refractivity contribution in [1.82, 2.24) is 15.4 Å². The van der Waals surface area contributed by atoms with Crippen LogP contribution in [-0.4, -0.2) is 44.4 Å². The summed E-state index contributed by atoms with van der Waals surface area (Å²) in [7, 11) is 0. The quantitative estimate of drug-likeness (QED) is 0.809. The van der Waals surface area contributed by atoms with E-state index in [1.165, 1.54) is 0 Å². The van der Waals surface area contributed by atoms with Crippen molar-refractivity contribution in [2.45, 2.75) is 17.9 Å². The number of nitrogens with one attached hydrogen (secondary N) is 1. The van der Waals surface area contributed by atoms with E-state index in [1.54, 1.807) is 30.3 Å². The Kier molecular flexibility index (Phi) is 4.26. The van der Waals surface area contributed by atoms with E-state index in [0.717, 1.165) is 12.2 Å². The van der Waals surface area contributed by atoms with E-state index in [-0.39, 0.29) is 5.57 Å². The molecule has 0 spiro atoms. The van der Waals surface area contributed by atoms with Gasteiger partial charge in [0.25, 0.3) is 5.60 Å². The second kappa shape index (κ2) is 6.28. The maximum Gasteiger partial charge on any atom is 0.435 e. The van der Waals surface area contributed by atoms with Crippen LogP contribution in [0.1, 0.15) is 16.1 Å². The average Bonchev–Trinajstić information content (AvgIpc) is 3.05. The number of alkyl halides is 4. The van der Waals surface area contributed by atoms with Crippen LogP contribution < -0.4 is 4.74 Å². The Labute approximate surface area is 143 Å². The third-order valence-corrected chi connectivity index (χ3v) is 3.79. The highest BCUT2D eigenvalue weighted by molar-refractivity contribution is 5.87. The Balaban J connectivity index is 2.01. The minimum absolute atomic E-state index is 0.239. The molecule has 0 radical (unpaired) electrons. The summed E-state index contributed by atoms with van der Waals surface area (Å²) in [6.45, 7) is 0. The predicted octanol–water partition coefficient (Wildman–Crippen LogP) is 3.17. The zero-order valence-corrected chi connectivity index (χ0v) is 12.9. The van der Waals surface area contributed by atoms with Crippen LogP contribution in [0.4, 0.5) is 17.6 Å². The molecule has 0 amide bonds. The molecule has 10 heteroatoms. The largest absolute Gasteiger partial charge is 0.476 e. The van der Waals surface area contributed by atoms with Crippen molar-refractivity contribution in [1.29, 1.82) is 0 Å². The smallest absolute Gasteiger partial charge is 0.435 e. The van der Waals surface area contributed by atoms with Crippen LogP contribution in [0.15, 0.2) is 48.6 Å². The number of aromatic carboxylic acids is 1. The number of carboxylic acids is 1. The Morgan fingerprint density at radius 3 is 2.54 bits per heavy atom. The van der Waals surface area contributed by atoms with Crippen molar-refractivity contribution in [2.24, 2.45) is 0 Å². The number of aromatic nitrogens is 3. The van der Waals surface area contributed by atoms with Crippen molar-refractivity contribution in [2.75, 3.05) is 0 Å². The van der Waals surface area contributed by atoms with E-state index < -0.39 is 35.5 Å². The summed E-state index contributed by atoms with van der Waals surface area (Å²) in [6, 6.07) is 8.27. The number of H-pyrrole nitrogens is 1. The lowest BCUT2D eigenvalue weighted by atomic mass is 9.87. The van der Waals surface area contributed by atoms with Crippen molar-refractivity contribution in [3.8, 4) is 5.88 Å². The maximum absolute atomic E-state index is 14.7. The van der Waals surface area contributed by atoms with Gasteiger partial charge in [-0.15, -0.1) is 5.10 Å².